The second-order valence-electron chi connectivity index (χ2n) is 3.61. The van der Waals surface area contributed by atoms with Gasteiger partial charge in [0.15, 0.2) is 0 Å². The molecule has 0 saturated heterocycles. The van der Waals surface area contributed by atoms with Crippen molar-refractivity contribution in [1.82, 2.24) is 4.31 Å². The topological polar surface area (TPSA) is 37.4 Å². The molecule has 0 rings (SSSR count). The standard InChI is InChI=1S/C10H21NO2S/c1-5-10(3)8-7-9-11(6-2)14(4,12)13/h5,10H,1,6-9H2,2-4H3. The zero-order valence-electron chi connectivity index (χ0n) is 9.36. The molecular formula is C10H21NO2S. The van der Waals surface area contributed by atoms with Gasteiger partial charge in [-0.3, -0.25) is 0 Å². The Morgan fingerprint density at radius 2 is 2.07 bits per heavy atom. The summed E-state index contributed by atoms with van der Waals surface area (Å²) >= 11 is 0. The van der Waals surface area contributed by atoms with Gasteiger partial charge >= 0.3 is 0 Å². The minimum atomic E-state index is -3.01. The first-order valence-corrected chi connectivity index (χ1v) is 6.84. The number of rotatable bonds is 7. The minimum Gasteiger partial charge on any atom is -0.213 e. The Labute approximate surface area is 87.9 Å². The van der Waals surface area contributed by atoms with Crippen LogP contribution in [0.2, 0.25) is 0 Å². The zero-order valence-corrected chi connectivity index (χ0v) is 10.2. The van der Waals surface area contributed by atoms with Gasteiger partial charge in [-0.25, -0.2) is 12.7 Å². The molecule has 0 aromatic carbocycles. The van der Waals surface area contributed by atoms with Gasteiger partial charge in [-0.15, -0.1) is 6.58 Å². The Hall–Kier alpha value is -0.350. The lowest BCUT2D eigenvalue weighted by Crippen LogP contribution is -2.30. The van der Waals surface area contributed by atoms with E-state index in [0.717, 1.165) is 12.8 Å². The average Bonchev–Trinajstić information content (AvgIpc) is 2.09. The summed E-state index contributed by atoms with van der Waals surface area (Å²) < 4.78 is 23.9. The number of sulfonamides is 1. The van der Waals surface area contributed by atoms with Crippen LogP contribution in [0.4, 0.5) is 0 Å². The van der Waals surface area contributed by atoms with Gasteiger partial charge in [0.1, 0.15) is 0 Å². The maximum Gasteiger partial charge on any atom is 0.211 e. The lowest BCUT2D eigenvalue weighted by atomic mass is 10.1. The molecule has 0 saturated carbocycles. The van der Waals surface area contributed by atoms with Crippen LogP contribution in [-0.2, 0) is 10.0 Å². The largest absolute Gasteiger partial charge is 0.213 e. The van der Waals surface area contributed by atoms with Crippen molar-refractivity contribution in [1.29, 1.82) is 0 Å². The zero-order chi connectivity index (χ0) is 11.2. The third-order valence-corrected chi connectivity index (χ3v) is 3.67. The quantitative estimate of drug-likeness (QED) is 0.613. The maximum atomic E-state index is 11.2. The van der Waals surface area contributed by atoms with Gasteiger partial charge in [0.05, 0.1) is 6.26 Å². The first-order chi connectivity index (χ1) is 6.41. The molecule has 0 aliphatic heterocycles. The summed E-state index contributed by atoms with van der Waals surface area (Å²) in [5.41, 5.74) is 0. The molecule has 0 heterocycles. The van der Waals surface area contributed by atoms with Gasteiger partial charge in [-0.2, -0.15) is 0 Å². The van der Waals surface area contributed by atoms with Gasteiger partial charge in [-0.05, 0) is 18.8 Å². The fraction of sp³-hybridized carbons (Fsp3) is 0.800. The van der Waals surface area contributed by atoms with E-state index >= 15 is 0 Å². The molecule has 0 radical (unpaired) electrons. The van der Waals surface area contributed by atoms with E-state index in [-0.39, 0.29) is 0 Å². The van der Waals surface area contributed by atoms with Crippen molar-refractivity contribution in [3.63, 3.8) is 0 Å². The van der Waals surface area contributed by atoms with Crippen LogP contribution in [-0.4, -0.2) is 32.1 Å². The Balaban J connectivity index is 3.92. The summed E-state index contributed by atoms with van der Waals surface area (Å²) in [5.74, 6) is 0.466. The summed E-state index contributed by atoms with van der Waals surface area (Å²) in [4.78, 5) is 0. The molecule has 84 valence electrons. The number of nitrogens with zero attached hydrogens (tertiary/aromatic N) is 1. The van der Waals surface area contributed by atoms with Crippen molar-refractivity contribution in [2.45, 2.75) is 26.7 Å². The molecule has 0 fully saturated rings. The predicted octanol–water partition coefficient (Wildman–Crippen LogP) is 1.87. The second-order valence-corrected chi connectivity index (χ2v) is 5.59. The summed E-state index contributed by atoms with van der Waals surface area (Å²) in [6.07, 6.45) is 5.05. The van der Waals surface area contributed by atoms with E-state index in [1.807, 2.05) is 13.0 Å². The van der Waals surface area contributed by atoms with Gasteiger partial charge in [0.2, 0.25) is 10.0 Å². The molecule has 14 heavy (non-hydrogen) atoms. The van der Waals surface area contributed by atoms with Crippen molar-refractivity contribution in [3.8, 4) is 0 Å². The number of hydrogen-bond acceptors (Lipinski definition) is 2. The van der Waals surface area contributed by atoms with Gasteiger partial charge in [-0.1, -0.05) is 19.9 Å². The van der Waals surface area contributed by atoms with Crippen LogP contribution < -0.4 is 0 Å². The van der Waals surface area contributed by atoms with Crippen LogP contribution >= 0.6 is 0 Å². The number of allylic oxidation sites excluding steroid dienone is 1. The van der Waals surface area contributed by atoms with Crippen LogP contribution in [0.5, 0.6) is 0 Å². The molecular weight excluding hydrogens is 198 g/mol. The molecule has 1 atom stereocenters. The summed E-state index contributed by atoms with van der Waals surface area (Å²) in [6.45, 7) is 8.82. The van der Waals surface area contributed by atoms with Crippen molar-refractivity contribution in [3.05, 3.63) is 12.7 Å². The summed E-state index contributed by atoms with van der Waals surface area (Å²) in [7, 11) is -3.01. The third kappa shape index (κ3) is 5.40. The number of hydrogen-bond donors (Lipinski definition) is 0. The van der Waals surface area contributed by atoms with Gasteiger partial charge in [0, 0.05) is 13.1 Å². The third-order valence-electron chi connectivity index (χ3n) is 2.29. The lowest BCUT2D eigenvalue weighted by molar-refractivity contribution is 0.410. The molecule has 0 aromatic heterocycles. The highest BCUT2D eigenvalue weighted by molar-refractivity contribution is 7.88. The molecule has 0 bridgehead atoms. The monoisotopic (exact) mass is 219 g/mol. The van der Waals surface area contributed by atoms with E-state index < -0.39 is 10.0 Å². The average molecular weight is 219 g/mol. The highest BCUT2D eigenvalue weighted by atomic mass is 32.2. The maximum absolute atomic E-state index is 11.2. The molecule has 4 heteroatoms. The van der Waals surface area contributed by atoms with Gasteiger partial charge < -0.3 is 0 Å². The Morgan fingerprint density at radius 1 is 1.50 bits per heavy atom. The van der Waals surface area contributed by atoms with Crippen LogP contribution in [0.15, 0.2) is 12.7 Å². The Bertz CT molecular complexity index is 259. The van der Waals surface area contributed by atoms with Crippen molar-refractivity contribution in [2.75, 3.05) is 19.3 Å². The van der Waals surface area contributed by atoms with Crippen LogP contribution in [0.25, 0.3) is 0 Å². The van der Waals surface area contributed by atoms with Crippen LogP contribution in [0.1, 0.15) is 26.7 Å². The Kier molecular flexibility index (Phi) is 6.04. The fourth-order valence-electron chi connectivity index (χ4n) is 1.27. The molecule has 3 nitrogen and oxygen atoms in total. The highest BCUT2D eigenvalue weighted by Crippen LogP contribution is 2.08. The molecule has 0 aromatic rings. The lowest BCUT2D eigenvalue weighted by Gasteiger charge is -2.18. The predicted molar refractivity (Wildman–Crippen MR) is 60.7 cm³/mol. The highest BCUT2D eigenvalue weighted by Gasteiger charge is 2.13. The van der Waals surface area contributed by atoms with E-state index in [1.165, 1.54) is 10.6 Å². The second kappa shape index (κ2) is 6.19. The van der Waals surface area contributed by atoms with Crippen molar-refractivity contribution < 1.29 is 8.42 Å². The minimum absolute atomic E-state index is 0.466. The molecule has 0 spiro atoms. The SMILES string of the molecule is C=CC(C)CCCN(CC)S(C)(=O)=O. The molecule has 1 unspecified atom stereocenters. The van der Waals surface area contributed by atoms with E-state index in [2.05, 4.69) is 13.5 Å². The normalized spacial score (nSPS) is 14.3. The molecule has 0 N–H and O–H groups in total. The smallest absolute Gasteiger partial charge is 0.211 e. The summed E-state index contributed by atoms with van der Waals surface area (Å²) in [6, 6.07) is 0. The first-order valence-electron chi connectivity index (χ1n) is 4.99. The van der Waals surface area contributed by atoms with E-state index in [1.54, 1.807) is 0 Å². The summed E-state index contributed by atoms with van der Waals surface area (Å²) in [5, 5.41) is 0. The van der Waals surface area contributed by atoms with Crippen LogP contribution in [0, 0.1) is 5.92 Å². The Morgan fingerprint density at radius 3 is 2.43 bits per heavy atom. The molecule has 0 aliphatic carbocycles. The van der Waals surface area contributed by atoms with Crippen molar-refractivity contribution in [2.24, 2.45) is 5.92 Å². The van der Waals surface area contributed by atoms with Gasteiger partial charge in [0.25, 0.3) is 0 Å². The van der Waals surface area contributed by atoms with Crippen LogP contribution in [0.3, 0.4) is 0 Å². The fourth-order valence-corrected chi connectivity index (χ4v) is 2.20. The molecule has 0 amide bonds. The van der Waals surface area contributed by atoms with E-state index in [0.29, 0.717) is 19.0 Å². The molecule has 0 aliphatic rings. The first kappa shape index (κ1) is 13.7. The van der Waals surface area contributed by atoms with E-state index in [9.17, 15) is 8.42 Å². The van der Waals surface area contributed by atoms with E-state index in [4.69, 9.17) is 0 Å². The van der Waals surface area contributed by atoms with Crippen molar-refractivity contribution >= 4 is 10.0 Å².